The second kappa shape index (κ2) is 7.57. The Morgan fingerprint density at radius 1 is 0.882 bits per heavy atom. The third kappa shape index (κ3) is 3.06. The van der Waals surface area contributed by atoms with Crippen molar-refractivity contribution >= 4 is 5.97 Å². The van der Waals surface area contributed by atoms with Gasteiger partial charge in [-0.25, -0.2) is 4.79 Å². The number of ether oxygens (including phenoxy) is 1. The standard InChI is InChI=1S/C30H48O4/c1-18(2)16-19-17-30(33,25(32)34-19)21-10-14-28(6)20(21)8-9-23-27(5)13-12-24(31)26(3,4)22(27)11-15-29(23,28)7/h16,19-24,31,33H,8-15,17H2,1-7H3. The Balaban J connectivity index is 1.46. The summed E-state index contributed by atoms with van der Waals surface area (Å²) in [5, 5.41) is 22.6. The predicted molar refractivity (Wildman–Crippen MR) is 134 cm³/mol. The topological polar surface area (TPSA) is 66.8 Å². The van der Waals surface area contributed by atoms with Gasteiger partial charge in [0.1, 0.15) is 6.10 Å². The second-order valence-electron chi connectivity index (χ2n) is 14.5. The van der Waals surface area contributed by atoms with E-state index in [4.69, 9.17) is 4.74 Å². The van der Waals surface area contributed by atoms with E-state index in [1.54, 1.807) is 0 Å². The molecule has 1 heterocycles. The van der Waals surface area contributed by atoms with Crippen LogP contribution in [0.4, 0.5) is 0 Å². The highest BCUT2D eigenvalue weighted by Gasteiger charge is 2.71. The van der Waals surface area contributed by atoms with E-state index in [0.717, 1.165) is 37.7 Å². The van der Waals surface area contributed by atoms with Gasteiger partial charge in [0.15, 0.2) is 5.60 Å². The highest BCUT2D eigenvalue weighted by molar-refractivity contribution is 5.82. The molecule has 10 unspecified atom stereocenters. The molecular weight excluding hydrogens is 424 g/mol. The molecule has 34 heavy (non-hydrogen) atoms. The Kier molecular flexibility index (Phi) is 5.52. The minimum atomic E-state index is -1.35. The number of fused-ring (bicyclic) bond motifs is 5. The van der Waals surface area contributed by atoms with E-state index >= 15 is 0 Å². The van der Waals surface area contributed by atoms with Gasteiger partial charge >= 0.3 is 5.97 Å². The molecule has 2 N–H and O–H groups in total. The molecule has 0 amide bonds. The molecule has 4 nitrogen and oxygen atoms in total. The Bertz CT molecular complexity index is 888. The fourth-order valence-electron chi connectivity index (χ4n) is 10.7. The zero-order chi connectivity index (χ0) is 24.9. The van der Waals surface area contributed by atoms with Crippen molar-refractivity contribution in [2.75, 3.05) is 0 Å². The molecule has 5 rings (SSSR count). The zero-order valence-electron chi connectivity index (χ0n) is 22.6. The van der Waals surface area contributed by atoms with Crippen molar-refractivity contribution in [1.82, 2.24) is 0 Å². The average molecular weight is 473 g/mol. The summed E-state index contributed by atoms with van der Waals surface area (Å²) < 4.78 is 5.68. The number of hydrogen-bond donors (Lipinski definition) is 2. The molecule has 5 fully saturated rings. The molecule has 0 spiro atoms. The molecule has 1 aliphatic heterocycles. The van der Waals surface area contributed by atoms with Gasteiger partial charge in [-0.15, -0.1) is 0 Å². The minimum Gasteiger partial charge on any atom is -0.456 e. The van der Waals surface area contributed by atoms with E-state index in [9.17, 15) is 15.0 Å². The van der Waals surface area contributed by atoms with Crippen molar-refractivity contribution in [2.24, 2.45) is 45.3 Å². The van der Waals surface area contributed by atoms with Gasteiger partial charge in [-0.2, -0.15) is 0 Å². The number of esters is 1. The van der Waals surface area contributed by atoms with Crippen LogP contribution in [0.3, 0.4) is 0 Å². The summed E-state index contributed by atoms with van der Waals surface area (Å²) in [4.78, 5) is 13.0. The zero-order valence-corrected chi connectivity index (χ0v) is 22.6. The molecule has 10 atom stereocenters. The third-order valence-electron chi connectivity index (χ3n) is 12.6. The van der Waals surface area contributed by atoms with Crippen molar-refractivity contribution in [3.63, 3.8) is 0 Å². The van der Waals surface area contributed by atoms with E-state index in [1.165, 1.54) is 19.3 Å². The van der Waals surface area contributed by atoms with Gasteiger partial charge in [-0.3, -0.25) is 0 Å². The van der Waals surface area contributed by atoms with E-state index in [1.807, 2.05) is 19.9 Å². The molecule has 4 saturated carbocycles. The first-order chi connectivity index (χ1) is 15.7. The van der Waals surface area contributed by atoms with E-state index in [0.29, 0.717) is 24.2 Å². The number of aliphatic hydroxyl groups excluding tert-OH is 1. The number of aliphatic hydroxyl groups is 2. The van der Waals surface area contributed by atoms with Crippen molar-refractivity contribution in [3.05, 3.63) is 11.6 Å². The molecule has 0 radical (unpaired) electrons. The maximum absolute atomic E-state index is 13.0. The molecule has 0 aromatic carbocycles. The van der Waals surface area contributed by atoms with Crippen LogP contribution in [0.15, 0.2) is 11.6 Å². The van der Waals surface area contributed by atoms with Gasteiger partial charge in [-0.1, -0.05) is 40.2 Å². The van der Waals surface area contributed by atoms with Gasteiger partial charge in [0.2, 0.25) is 0 Å². The van der Waals surface area contributed by atoms with E-state index in [2.05, 4.69) is 34.6 Å². The first-order valence-corrected chi connectivity index (χ1v) is 14.0. The fourth-order valence-corrected chi connectivity index (χ4v) is 10.7. The highest BCUT2D eigenvalue weighted by atomic mass is 16.6. The summed E-state index contributed by atoms with van der Waals surface area (Å²) in [5.41, 5.74) is 0.315. The Morgan fingerprint density at radius 3 is 2.24 bits per heavy atom. The molecule has 4 aliphatic carbocycles. The maximum atomic E-state index is 13.0. The molecule has 0 bridgehead atoms. The summed E-state index contributed by atoms with van der Waals surface area (Å²) in [6, 6.07) is 0. The van der Waals surface area contributed by atoms with Gasteiger partial charge in [0.25, 0.3) is 0 Å². The first kappa shape index (κ1) is 24.8. The lowest BCUT2D eigenvalue weighted by atomic mass is 9.35. The lowest BCUT2D eigenvalue weighted by Crippen LogP contribution is -2.64. The normalized spacial score (nSPS) is 54.0. The van der Waals surface area contributed by atoms with Crippen LogP contribution in [0.25, 0.3) is 0 Å². The Labute approximate surface area is 206 Å². The second-order valence-corrected chi connectivity index (χ2v) is 14.5. The summed E-state index contributed by atoms with van der Waals surface area (Å²) in [5.74, 6) is 1.15. The minimum absolute atomic E-state index is 0.00603. The highest BCUT2D eigenvalue weighted by Crippen LogP contribution is 2.76. The molecule has 0 aromatic rings. The van der Waals surface area contributed by atoms with Crippen LogP contribution >= 0.6 is 0 Å². The number of hydrogen-bond acceptors (Lipinski definition) is 4. The first-order valence-electron chi connectivity index (χ1n) is 14.0. The third-order valence-corrected chi connectivity index (χ3v) is 12.6. The van der Waals surface area contributed by atoms with Crippen molar-refractivity contribution in [2.45, 2.75) is 124 Å². The monoisotopic (exact) mass is 472 g/mol. The van der Waals surface area contributed by atoms with Gasteiger partial charge in [0, 0.05) is 12.3 Å². The number of rotatable bonds is 2. The molecular formula is C30H48O4. The van der Waals surface area contributed by atoms with Crippen LogP contribution in [-0.2, 0) is 9.53 Å². The number of carbonyl (C=O) groups excluding carboxylic acids is 1. The van der Waals surface area contributed by atoms with Gasteiger partial charge in [0.05, 0.1) is 6.10 Å². The smallest absolute Gasteiger partial charge is 0.339 e. The quantitative estimate of drug-likeness (QED) is 0.379. The average Bonchev–Trinajstić information content (AvgIpc) is 3.22. The lowest BCUT2D eigenvalue weighted by Gasteiger charge is -2.70. The predicted octanol–water partition coefficient (Wildman–Crippen LogP) is 6.05. The molecule has 0 aromatic heterocycles. The summed E-state index contributed by atoms with van der Waals surface area (Å²) in [6.07, 6.45) is 10.6. The number of cyclic esters (lactones) is 1. The van der Waals surface area contributed by atoms with Crippen LogP contribution in [0.2, 0.25) is 0 Å². The molecule has 4 heteroatoms. The number of carbonyl (C=O) groups is 1. The SMILES string of the molecule is CC(C)=CC1CC(O)(C2CCC3(C)C2CCC2C4(C)CCC(O)C(C)(C)C4CCC23C)C(=O)O1. The number of allylic oxidation sites excluding steroid dienone is 1. The Hall–Kier alpha value is -0.870. The van der Waals surface area contributed by atoms with E-state index in [-0.39, 0.29) is 39.8 Å². The summed E-state index contributed by atoms with van der Waals surface area (Å²) >= 11 is 0. The van der Waals surface area contributed by atoms with Crippen molar-refractivity contribution < 1.29 is 19.7 Å². The van der Waals surface area contributed by atoms with Crippen LogP contribution < -0.4 is 0 Å². The van der Waals surface area contributed by atoms with E-state index < -0.39 is 11.6 Å². The fraction of sp³-hybridized carbons (Fsp3) is 0.900. The summed E-state index contributed by atoms with van der Waals surface area (Å²) in [6.45, 7) is 16.2. The van der Waals surface area contributed by atoms with Crippen LogP contribution in [0.5, 0.6) is 0 Å². The molecule has 1 saturated heterocycles. The Morgan fingerprint density at radius 2 is 1.56 bits per heavy atom. The van der Waals surface area contributed by atoms with Gasteiger partial charge < -0.3 is 14.9 Å². The lowest BCUT2D eigenvalue weighted by molar-refractivity contribution is -0.225. The molecule has 5 aliphatic rings. The van der Waals surface area contributed by atoms with Crippen LogP contribution in [0.1, 0.15) is 106 Å². The van der Waals surface area contributed by atoms with Crippen molar-refractivity contribution in [3.8, 4) is 0 Å². The van der Waals surface area contributed by atoms with Crippen molar-refractivity contribution in [1.29, 1.82) is 0 Å². The summed E-state index contributed by atoms with van der Waals surface area (Å²) in [7, 11) is 0. The van der Waals surface area contributed by atoms with Crippen LogP contribution in [-0.4, -0.2) is 34.0 Å². The molecule has 192 valence electrons. The van der Waals surface area contributed by atoms with Crippen LogP contribution in [0, 0.1) is 45.3 Å². The largest absolute Gasteiger partial charge is 0.456 e. The maximum Gasteiger partial charge on any atom is 0.339 e. The van der Waals surface area contributed by atoms with Gasteiger partial charge in [-0.05, 0) is 111 Å².